The molecule has 0 aliphatic heterocycles. The lowest BCUT2D eigenvalue weighted by Gasteiger charge is -2.07. The van der Waals surface area contributed by atoms with Crippen molar-refractivity contribution in [3.8, 4) is 0 Å². The summed E-state index contributed by atoms with van der Waals surface area (Å²) in [4.78, 5) is 8.46. The molecule has 0 amide bonds. The Morgan fingerprint density at radius 3 is 2.78 bits per heavy atom. The average Bonchev–Trinajstić information content (AvgIpc) is 2.39. The molecule has 0 aliphatic rings. The fourth-order valence-corrected chi connectivity index (χ4v) is 1.44. The van der Waals surface area contributed by atoms with Crippen LogP contribution in [0.3, 0.4) is 0 Å². The zero-order chi connectivity index (χ0) is 13.1. The molecular weight excluding hydrogens is 228 g/mol. The minimum Gasteiger partial charge on any atom is -0.381 e. The van der Waals surface area contributed by atoms with E-state index in [1.807, 2.05) is 13.0 Å². The Morgan fingerprint density at radius 1 is 1.17 bits per heavy atom. The molecule has 0 aliphatic carbocycles. The first-order valence-corrected chi connectivity index (χ1v) is 6.75. The highest BCUT2D eigenvalue weighted by Crippen LogP contribution is 2.05. The molecule has 5 heteroatoms. The molecule has 2 N–H and O–H groups in total. The van der Waals surface area contributed by atoms with Crippen molar-refractivity contribution in [1.29, 1.82) is 0 Å². The Balaban J connectivity index is 2.13. The van der Waals surface area contributed by atoms with Crippen LogP contribution in [0.1, 0.15) is 33.1 Å². The first kappa shape index (κ1) is 14.7. The van der Waals surface area contributed by atoms with Crippen molar-refractivity contribution < 1.29 is 4.74 Å². The molecule has 102 valence electrons. The molecule has 0 aromatic carbocycles. The highest BCUT2D eigenvalue weighted by atomic mass is 16.5. The number of hydrogen-bond donors (Lipinski definition) is 2. The summed E-state index contributed by atoms with van der Waals surface area (Å²) >= 11 is 0. The first-order valence-electron chi connectivity index (χ1n) is 6.75. The second kappa shape index (κ2) is 9.65. The van der Waals surface area contributed by atoms with E-state index in [1.54, 1.807) is 6.20 Å². The van der Waals surface area contributed by atoms with Crippen molar-refractivity contribution >= 4 is 11.8 Å². The summed E-state index contributed by atoms with van der Waals surface area (Å²) in [5, 5.41) is 6.35. The molecule has 18 heavy (non-hydrogen) atoms. The second-order valence-electron chi connectivity index (χ2n) is 4.04. The lowest BCUT2D eigenvalue weighted by Crippen LogP contribution is -2.09. The molecule has 1 aromatic rings. The number of unbranched alkanes of at least 4 members (excludes halogenated alkanes) is 1. The second-order valence-corrected chi connectivity index (χ2v) is 4.04. The van der Waals surface area contributed by atoms with E-state index in [0.29, 0.717) is 5.95 Å². The van der Waals surface area contributed by atoms with Gasteiger partial charge in [0.25, 0.3) is 0 Å². The Morgan fingerprint density at radius 2 is 2.00 bits per heavy atom. The maximum Gasteiger partial charge on any atom is 0.224 e. The molecule has 1 rings (SSSR count). The minimum atomic E-state index is 0.668. The molecule has 0 spiro atoms. The van der Waals surface area contributed by atoms with E-state index in [1.165, 1.54) is 6.42 Å². The molecule has 0 unspecified atom stereocenters. The van der Waals surface area contributed by atoms with Crippen LogP contribution < -0.4 is 10.6 Å². The van der Waals surface area contributed by atoms with Gasteiger partial charge in [-0.3, -0.25) is 0 Å². The number of ether oxygens (including phenoxy) is 1. The summed E-state index contributed by atoms with van der Waals surface area (Å²) in [6.45, 7) is 7.56. The highest BCUT2D eigenvalue weighted by Gasteiger charge is 1.97. The van der Waals surface area contributed by atoms with Crippen LogP contribution in [0.4, 0.5) is 11.8 Å². The van der Waals surface area contributed by atoms with Gasteiger partial charge in [0.1, 0.15) is 5.82 Å². The molecule has 0 atom stereocenters. The maximum absolute atomic E-state index is 5.49. The fourth-order valence-electron chi connectivity index (χ4n) is 1.44. The Hall–Kier alpha value is -1.36. The van der Waals surface area contributed by atoms with E-state index in [9.17, 15) is 0 Å². The van der Waals surface area contributed by atoms with E-state index in [0.717, 1.165) is 45.0 Å². The van der Waals surface area contributed by atoms with Gasteiger partial charge >= 0.3 is 0 Å². The number of nitrogens with zero attached hydrogens (tertiary/aromatic N) is 2. The van der Waals surface area contributed by atoms with Gasteiger partial charge in [-0.2, -0.15) is 4.98 Å². The standard InChI is InChI=1S/C13H24N4O/c1-3-5-10-18-11-6-8-15-12-7-9-16-13(17-12)14-4-2/h7,9H,3-6,8,10-11H2,1-2H3,(H2,14,15,16,17). The van der Waals surface area contributed by atoms with Gasteiger partial charge in [-0.25, -0.2) is 4.98 Å². The lowest BCUT2D eigenvalue weighted by molar-refractivity contribution is 0.131. The van der Waals surface area contributed by atoms with Gasteiger partial charge in [0.15, 0.2) is 0 Å². The van der Waals surface area contributed by atoms with Crippen molar-refractivity contribution in [3.63, 3.8) is 0 Å². The molecule has 0 saturated carbocycles. The highest BCUT2D eigenvalue weighted by molar-refractivity contribution is 5.39. The molecular formula is C13H24N4O. The van der Waals surface area contributed by atoms with Crippen LogP contribution in [0.15, 0.2) is 12.3 Å². The normalized spacial score (nSPS) is 10.3. The summed E-state index contributed by atoms with van der Waals surface area (Å²) in [5.41, 5.74) is 0. The molecule has 0 bridgehead atoms. The van der Waals surface area contributed by atoms with Crippen LogP contribution >= 0.6 is 0 Å². The molecule has 5 nitrogen and oxygen atoms in total. The third-order valence-corrected chi connectivity index (χ3v) is 2.40. The van der Waals surface area contributed by atoms with Crippen LogP contribution in [0.5, 0.6) is 0 Å². The van der Waals surface area contributed by atoms with Crippen molar-refractivity contribution in [2.75, 3.05) is 36.9 Å². The zero-order valence-electron chi connectivity index (χ0n) is 11.4. The number of aromatic nitrogens is 2. The van der Waals surface area contributed by atoms with Gasteiger partial charge in [0.2, 0.25) is 5.95 Å². The van der Waals surface area contributed by atoms with Crippen LogP contribution in [0, 0.1) is 0 Å². The quantitative estimate of drug-likeness (QED) is 0.627. The Kier molecular flexibility index (Phi) is 7.88. The van der Waals surface area contributed by atoms with Gasteiger partial charge in [0, 0.05) is 32.5 Å². The van der Waals surface area contributed by atoms with Gasteiger partial charge in [-0.1, -0.05) is 13.3 Å². The average molecular weight is 252 g/mol. The first-order chi connectivity index (χ1) is 8.86. The summed E-state index contributed by atoms with van der Waals surface area (Å²) in [5.74, 6) is 1.52. The summed E-state index contributed by atoms with van der Waals surface area (Å²) in [6.07, 6.45) is 5.08. The summed E-state index contributed by atoms with van der Waals surface area (Å²) in [7, 11) is 0. The third-order valence-electron chi connectivity index (χ3n) is 2.40. The monoisotopic (exact) mass is 252 g/mol. The van der Waals surface area contributed by atoms with Crippen molar-refractivity contribution in [2.24, 2.45) is 0 Å². The van der Waals surface area contributed by atoms with Gasteiger partial charge in [0.05, 0.1) is 0 Å². The molecule has 0 fully saturated rings. The van der Waals surface area contributed by atoms with E-state index >= 15 is 0 Å². The lowest BCUT2D eigenvalue weighted by atomic mass is 10.3. The topological polar surface area (TPSA) is 59.1 Å². The van der Waals surface area contributed by atoms with E-state index in [-0.39, 0.29) is 0 Å². The van der Waals surface area contributed by atoms with Crippen molar-refractivity contribution in [2.45, 2.75) is 33.1 Å². The van der Waals surface area contributed by atoms with Gasteiger partial charge in [-0.15, -0.1) is 0 Å². The van der Waals surface area contributed by atoms with Crippen LogP contribution in [-0.2, 0) is 4.74 Å². The Bertz CT molecular complexity index is 320. The van der Waals surface area contributed by atoms with Crippen molar-refractivity contribution in [3.05, 3.63) is 12.3 Å². The predicted octanol–water partition coefficient (Wildman–Crippen LogP) is 2.53. The zero-order valence-corrected chi connectivity index (χ0v) is 11.4. The van der Waals surface area contributed by atoms with E-state index < -0.39 is 0 Å². The molecule has 1 aromatic heterocycles. The number of hydrogen-bond acceptors (Lipinski definition) is 5. The van der Waals surface area contributed by atoms with Crippen LogP contribution in [0.2, 0.25) is 0 Å². The van der Waals surface area contributed by atoms with E-state index in [4.69, 9.17) is 4.74 Å². The smallest absolute Gasteiger partial charge is 0.224 e. The van der Waals surface area contributed by atoms with E-state index in [2.05, 4.69) is 27.5 Å². The number of anilines is 2. The third kappa shape index (κ3) is 6.39. The van der Waals surface area contributed by atoms with Gasteiger partial charge < -0.3 is 15.4 Å². The maximum atomic E-state index is 5.49. The molecule has 0 radical (unpaired) electrons. The van der Waals surface area contributed by atoms with Crippen LogP contribution in [0.25, 0.3) is 0 Å². The largest absolute Gasteiger partial charge is 0.381 e. The summed E-state index contributed by atoms with van der Waals surface area (Å²) < 4.78 is 5.49. The predicted molar refractivity (Wildman–Crippen MR) is 75.0 cm³/mol. The van der Waals surface area contributed by atoms with Crippen LogP contribution in [-0.4, -0.2) is 36.3 Å². The summed E-state index contributed by atoms with van der Waals surface area (Å²) in [6, 6.07) is 1.87. The van der Waals surface area contributed by atoms with Crippen molar-refractivity contribution in [1.82, 2.24) is 9.97 Å². The fraction of sp³-hybridized carbons (Fsp3) is 0.692. The molecule has 0 saturated heterocycles. The minimum absolute atomic E-state index is 0.668. The number of nitrogens with one attached hydrogen (secondary N) is 2. The molecule has 1 heterocycles. The van der Waals surface area contributed by atoms with Gasteiger partial charge in [-0.05, 0) is 25.8 Å². The Labute approximate surface area is 109 Å². The SMILES string of the molecule is CCCCOCCCNc1ccnc(NCC)n1. The number of rotatable bonds is 10.